The maximum absolute atomic E-state index is 11.5. The Kier molecular flexibility index (Phi) is 2.91. The second-order valence-electron chi connectivity index (χ2n) is 2.74. The number of nitrogens with zero attached hydrogens (tertiary/aromatic N) is 2. The van der Waals surface area contributed by atoms with E-state index in [4.69, 9.17) is 16.7 Å². The molecule has 1 rings (SSSR count). The second kappa shape index (κ2) is 3.70. The van der Waals surface area contributed by atoms with Crippen molar-refractivity contribution in [1.82, 2.24) is 14.5 Å². The van der Waals surface area contributed by atoms with Gasteiger partial charge in [0.05, 0.1) is 5.69 Å². The first-order valence-electron chi connectivity index (χ1n) is 3.70. The summed E-state index contributed by atoms with van der Waals surface area (Å²) in [6.45, 7) is 1.42. The molecule has 0 spiro atoms. The molecular formula is C6H8ClN3O4S. The summed E-state index contributed by atoms with van der Waals surface area (Å²) in [5.41, 5.74) is 0.135. The predicted octanol–water partition coefficient (Wildman–Crippen LogP) is 0.338. The zero-order valence-corrected chi connectivity index (χ0v) is 9.43. The Morgan fingerprint density at radius 1 is 1.60 bits per heavy atom. The third-order valence-electron chi connectivity index (χ3n) is 1.59. The van der Waals surface area contributed by atoms with Crippen LogP contribution in [0.15, 0.2) is 4.90 Å². The number of hydrogen-bond acceptors (Lipinski definition) is 4. The van der Waals surface area contributed by atoms with Crippen molar-refractivity contribution in [2.75, 3.05) is 0 Å². The van der Waals surface area contributed by atoms with Crippen LogP contribution < -0.4 is 4.72 Å². The van der Waals surface area contributed by atoms with Gasteiger partial charge in [0.15, 0.2) is 0 Å². The smallest absolute Gasteiger partial charge is 0.418 e. The molecule has 7 nitrogen and oxygen atoms in total. The first-order chi connectivity index (χ1) is 6.75. The second-order valence-corrected chi connectivity index (χ2v) is 4.72. The van der Waals surface area contributed by atoms with Gasteiger partial charge in [-0.15, -0.1) is 0 Å². The van der Waals surface area contributed by atoms with Crippen molar-refractivity contribution in [3.05, 3.63) is 10.8 Å². The molecule has 9 heteroatoms. The van der Waals surface area contributed by atoms with E-state index < -0.39 is 16.1 Å². The minimum Gasteiger partial charge on any atom is -0.464 e. The van der Waals surface area contributed by atoms with Gasteiger partial charge in [0, 0.05) is 7.05 Å². The van der Waals surface area contributed by atoms with Crippen LogP contribution in [0.4, 0.5) is 4.79 Å². The molecule has 1 aromatic rings. The number of rotatable bonds is 2. The van der Waals surface area contributed by atoms with Crippen molar-refractivity contribution in [3.8, 4) is 0 Å². The van der Waals surface area contributed by atoms with Gasteiger partial charge in [-0.3, -0.25) is 4.68 Å². The summed E-state index contributed by atoms with van der Waals surface area (Å²) in [7, 11) is -2.71. The molecule has 0 fully saturated rings. The first-order valence-corrected chi connectivity index (χ1v) is 5.56. The Hall–Kier alpha value is -1.28. The fourth-order valence-electron chi connectivity index (χ4n) is 1.08. The fraction of sp³-hybridized carbons (Fsp3) is 0.333. The standard InChI is InChI=1S/C6H8ClN3O4S/c1-3-4(5(7)10(2)8-3)15(13,14)9-6(11)12/h9H,1-2H3,(H,11,12). The van der Waals surface area contributed by atoms with E-state index in [1.165, 1.54) is 18.7 Å². The van der Waals surface area contributed by atoms with Crippen LogP contribution >= 0.6 is 11.6 Å². The molecule has 1 aromatic heterocycles. The molecule has 0 bridgehead atoms. The van der Waals surface area contributed by atoms with Crippen LogP contribution in [0, 0.1) is 6.92 Å². The fourth-order valence-corrected chi connectivity index (χ4v) is 2.68. The highest BCUT2D eigenvalue weighted by atomic mass is 35.5. The van der Waals surface area contributed by atoms with Crippen molar-refractivity contribution in [2.24, 2.45) is 7.05 Å². The Morgan fingerprint density at radius 2 is 2.13 bits per heavy atom. The van der Waals surface area contributed by atoms with Crippen LogP contribution in [0.1, 0.15) is 5.69 Å². The average molecular weight is 254 g/mol. The van der Waals surface area contributed by atoms with E-state index in [-0.39, 0.29) is 15.7 Å². The van der Waals surface area contributed by atoms with Gasteiger partial charge in [0.2, 0.25) is 0 Å². The number of aromatic nitrogens is 2. The normalized spacial score (nSPS) is 11.4. The topological polar surface area (TPSA) is 101 Å². The Balaban J connectivity index is 3.33. The summed E-state index contributed by atoms with van der Waals surface area (Å²) in [5, 5.41) is 12.0. The number of sulfonamides is 1. The largest absolute Gasteiger partial charge is 0.464 e. The molecule has 0 saturated heterocycles. The number of hydrogen-bond donors (Lipinski definition) is 2. The van der Waals surface area contributed by atoms with E-state index in [1.807, 2.05) is 0 Å². The number of carbonyl (C=O) groups is 1. The van der Waals surface area contributed by atoms with E-state index in [0.717, 1.165) is 4.68 Å². The van der Waals surface area contributed by atoms with Gasteiger partial charge >= 0.3 is 6.09 Å². The molecule has 0 saturated carbocycles. The van der Waals surface area contributed by atoms with E-state index >= 15 is 0 Å². The van der Waals surface area contributed by atoms with Crippen LogP contribution in [-0.4, -0.2) is 29.4 Å². The molecule has 2 N–H and O–H groups in total. The molecule has 0 aliphatic rings. The lowest BCUT2D eigenvalue weighted by molar-refractivity contribution is 0.201. The Bertz CT molecular complexity index is 507. The third kappa shape index (κ3) is 2.21. The summed E-state index contributed by atoms with van der Waals surface area (Å²) in [6.07, 6.45) is -1.67. The Morgan fingerprint density at radius 3 is 2.47 bits per heavy atom. The molecule has 15 heavy (non-hydrogen) atoms. The molecule has 0 aliphatic carbocycles. The molecule has 0 aliphatic heterocycles. The minimum absolute atomic E-state index is 0.135. The monoisotopic (exact) mass is 253 g/mol. The van der Waals surface area contributed by atoms with Crippen LogP contribution in [0.5, 0.6) is 0 Å². The van der Waals surface area contributed by atoms with E-state index in [2.05, 4.69) is 5.10 Å². The maximum atomic E-state index is 11.5. The number of halogens is 1. The van der Waals surface area contributed by atoms with E-state index in [9.17, 15) is 13.2 Å². The highest BCUT2D eigenvalue weighted by Gasteiger charge is 2.26. The summed E-state index contributed by atoms with van der Waals surface area (Å²) in [6, 6.07) is 0. The summed E-state index contributed by atoms with van der Waals surface area (Å²) in [4.78, 5) is 9.93. The van der Waals surface area contributed by atoms with Gasteiger partial charge in [-0.05, 0) is 6.92 Å². The van der Waals surface area contributed by atoms with Crippen molar-refractivity contribution in [1.29, 1.82) is 0 Å². The average Bonchev–Trinajstić information content (AvgIpc) is 2.23. The van der Waals surface area contributed by atoms with Crippen LogP contribution in [-0.2, 0) is 17.1 Å². The number of carboxylic acid groups (broad SMARTS) is 1. The van der Waals surface area contributed by atoms with Crippen LogP contribution in [0.25, 0.3) is 0 Å². The molecule has 84 valence electrons. The van der Waals surface area contributed by atoms with Gasteiger partial charge in [0.1, 0.15) is 10.0 Å². The lowest BCUT2D eigenvalue weighted by Crippen LogP contribution is -2.29. The maximum Gasteiger partial charge on any atom is 0.418 e. The predicted molar refractivity (Wildman–Crippen MR) is 51.3 cm³/mol. The number of amides is 1. The van der Waals surface area contributed by atoms with Crippen LogP contribution in [0.3, 0.4) is 0 Å². The lowest BCUT2D eigenvalue weighted by atomic mass is 10.5. The van der Waals surface area contributed by atoms with Crippen molar-refractivity contribution < 1.29 is 18.3 Å². The number of nitrogens with one attached hydrogen (secondary N) is 1. The first kappa shape index (κ1) is 11.8. The molecular weight excluding hydrogens is 246 g/mol. The molecule has 0 aromatic carbocycles. The SMILES string of the molecule is Cc1nn(C)c(Cl)c1S(=O)(=O)NC(=O)O. The molecule has 0 radical (unpaired) electrons. The van der Waals surface area contributed by atoms with Gasteiger partial charge in [0.25, 0.3) is 10.0 Å². The molecule has 0 unspecified atom stereocenters. The van der Waals surface area contributed by atoms with E-state index in [0.29, 0.717) is 0 Å². The quantitative estimate of drug-likeness (QED) is 0.791. The summed E-state index contributed by atoms with van der Waals surface area (Å²) >= 11 is 5.67. The molecule has 0 atom stereocenters. The van der Waals surface area contributed by atoms with Crippen LogP contribution in [0.2, 0.25) is 5.15 Å². The Labute approximate surface area is 90.7 Å². The summed E-state index contributed by atoms with van der Waals surface area (Å²) in [5.74, 6) is 0. The lowest BCUT2D eigenvalue weighted by Gasteiger charge is -2.02. The highest BCUT2D eigenvalue weighted by Crippen LogP contribution is 2.23. The zero-order chi connectivity index (χ0) is 11.8. The van der Waals surface area contributed by atoms with Crippen molar-refractivity contribution in [3.63, 3.8) is 0 Å². The molecule has 1 amide bonds. The number of aryl methyl sites for hydroxylation is 2. The van der Waals surface area contributed by atoms with Gasteiger partial charge in [-0.25, -0.2) is 17.9 Å². The minimum atomic E-state index is -4.16. The molecule has 1 heterocycles. The third-order valence-corrected chi connectivity index (χ3v) is 3.61. The van der Waals surface area contributed by atoms with Gasteiger partial charge in [-0.1, -0.05) is 11.6 Å². The van der Waals surface area contributed by atoms with Crippen molar-refractivity contribution >= 4 is 27.7 Å². The van der Waals surface area contributed by atoms with Gasteiger partial charge < -0.3 is 5.11 Å². The summed E-state index contributed by atoms with van der Waals surface area (Å²) < 4.78 is 25.5. The van der Waals surface area contributed by atoms with Crippen molar-refractivity contribution in [2.45, 2.75) is 11.8 Å². The zero-order valence-electron chi connectivity index (χ0n) is 7.85. The highest BCUT2D eigenvalue weighted by molar-refractivity contribution is 7.90. The van der Waals surface area contributed by atoms with E-state index in [1.54, 1.807) is 0 Å². The van der Waals surface area contributed by atoms with Gasteiger partial charge in [-0.2, -0.15) is 5.10 Å².